The molecule has 0 radical (unpaired) electrons. The van der Waals surface area contributed by atoms with Crippen molar-refractivity contribution in [3.63, 3.8) is 0 Å². The van der Waals surface area contributed by atoms with E-state index < -0.39 is 0 Å². The number of aryl methyl sites for hydroxylation is 1. The predicted molar refractivity (Wildman–Crippen MR) is 58.0 cm³/mol. The maximum Gasteiger partial charge on any atom is 0.243 e. The number of aromatic nitrogens is 1. The van der Waals surface area contributed by atoms with Gasteiger partial charge in [-0.3, -0.25) is 0 Å². The first-order valence-corrected chi connectivity index (χ1v) is 6.24. The third-order valence-electron chi connectivity index (χ3n) is 1.95. The number of thiol groups is 1. The van der Waals surface area contributed by atoms with Crippen molar-refractivity contribution < 1.29 is 0 Å². The van der Waals surface area contributed by atoms with Crippen molar-refractivity contribution >= 4 is 31.4 Å². The molecule has 0 saturated heterocycles. The molecular formula is C9H10NS2+. The number of hydrogen-bond acceptors (Lipinski definition) is 2. The second-order valence-corrected chi connectivity index (χ2v) is 5.16. The monoisotopic (exact) mass is 196 g/mol. The quantitative estimate of drug-likeness (QED) is 0.420. The first-order chi connectivity index (χ1) is 5.81. The molecule has 2 aromatic rings. The highest BCUT2D eigenvalue weighted by Crippen LogP contribution is 2.32. The molecule has 1 heterocycles. The first kappa shape index (κ1) is 8.08. The predicted octanol–water partition coefficient (Wildman–Crippen LogP) is 3.24. The molecule has 1 aromatic carbocycles. The first-order valence-electron chi connectivity index (χ1n) is 3.90. The topological polar surface area (TPSA) is 12.9 Å². The van der Waals surface area contributed by atoms with Gasteiger partial charge in [0.2, 0.25) is 10.2 Å². The maximum atomic E-state index is 4.44. The zero-order valence-electron chi connectivity index (χ0n) is 6.82. The molecule has 0 spiro atoms. The lowest BCUT2D eigenvalue weighted by Crippen LogP contribution is -1.77. The lowest BCUT2D eigenvalue weighted by molar-refractivity contribution is 1.15. The third-order valence-corrected chi connectivity index (χ3v) is 3.91. The van der Waals surface area contributed by atoms with Crippen molar-refractivity contribution in [3.8, 4) is 0 Å². The van der Waals surface area contributed by atoms with Crippen LogP contribution in [-0.4, -0.2) is 4.98 Å². The fourth-order valence-electron chi connectivity index (χ4n) is 1.22. The molecule has 0 aliphatic rings. The van der Waals surface area contributed by atoms with Crippen LogP contribution in [0, 0.1) is 0 Å². The van der Waals surface area contributed by atoms with Gasteiger partial charge < -0.3 is 0 Å². The Balaban J connectivity index is 2.71. The van der Waals surface area contributed by atoms with Crippen LogP contribution in [-0.2, 0) is 6.42 Å². The number of fused-ring (bicyclic) bond motifs is 1. The average molecular weight is 196 g/mol. The molecule has 0 N–H and O–H groups in total. The Labute approximate surface area is 79.2 Å². The van der Waals surface area contributed by atoms with Gasteiger partial charge in [-0.15, -0.1) is 0 Å². The van der Waals surface area contributed by atoms with Crippen LogP contribution in [0.3, 0.4) is 0 Å². The van der Waals surface area contributed by atoms with E-state index in [9.17, 15) is 0 Å². The summed E-state index contributed by atoms with van der Waals surface area (Å²) in [4.78, 5) is 4.27. The van der Waals surface area contributed by atoms with Crippen LogP contribution in [0.4, 0.5) is 0 Å². The average Bonchev–Trinajstić information content (AvgIpc) is 2.47. The van der Waals surface area contributed by atoms with Crippen molar-refractivity contribution in [1.82, 2.24) is 4.98 Å². The molecular weight excluding hydrogens is 186 g/mol. The van der Waals surface area contributed by atoms with Crippen LogP contribution < -0.4 is 0 Å². The van der Waals surface area contributed by atoms with E-state index in [1.54, 1.807) is 0 Å². The number of rotatable bonds is 1. The molecule has 1 nitrogen and oxygen atoms in total. The highest BCUT2D eigenvalue weighted by atomic mass is 33.1. The van der Waals surface area contributed by atoms with E-state index in [4.69, 9.17) is 0 Å². The molecule has 0 saturated carbocycles. The number of benzene rings is 1. The van der Waals surface area contributed by atoms with E-state index in [-0.39, 0.29) is 9.50 Å². The third kappa shape index (κ3) is 1.23. The molecule has 0 amide bonds. The van der Waals surface area contributed by atoms with Gasteiger partial charge in [-0.2, -0.15) is 4.98 Å². The van der Waals surface area contributed by atoms with Crippen LogP contribution >= 0.6 is 21.2 Å². The zero-order valence-corrected chi connectivity index (χ0v) is 8.53. The summed E-state index contributed by atoms with van der Waals surface area (Å²) in [5.41, 5.74) is 4.36. The minimum Gasteiger partial charge on any atom is -0.199 e. The molecule has 12 heavy (non-hydrogen) atoms. The van der Waals surface area contributed by atoms with E-state index in [0.717, 1.165) is 11.9 Å². The Morgan fingerprint density at radius 2 is 2.33 bits per heavy atom. The number of thiazole rings is 1. The summed E-state index contributed by atoms with van der Waals surface area (Å²) >= 11 is 4.44. The molecule has 0 bridgehead atoms. The highest BCUT2D eigenvalue weighted by molar-refractivity contribution is 8.34. The zero-order chi connectivity index (χ0) is 8.55. The smallest absolute Gasteiger partial charge is 0.199 e. The van der Waals surface area contributed by atoms with Crippen molar-refractivity contribution in [3.05, 3.63) is 29.3 Å². The Kier molecular flexibility index (Phi) is 2.07. The van der Waals surface area contributed by atoms with Gasteiger partial charge in [-0.25, -0.2) is 0 Å². The van der Waals surface area contributed by atoms with Crippen LogP contribution in [0.2, 0.25) is 0 Å². The van der Waals surface area contributed by atoms with Crippen LogP contribution in [0.5, 0.6) is 0 Å². The molecule has 2 rings (SSSR count). The van der Waals surface area contributed by atoms with Gasteiger partial charge in [-0.1, -0.05) is 13.0 Å². The van der Waals surface area contributed by atoms with Crippen LogP contribution in [0.1, 0.15) is 12.5 Å². The molecule has 62 valence electrons. The second-order valence-electron chi connectivity index (χ2n) is 2.70. The Morgan fingerprint density at radius 3 is 3.08 bits per heavy atom. The summed E-state index contributed by atoms with van der Waals surface area (Å²) < 4.78 is 1.28. The summed E-state index contributed by atoms with van der Waals surface area (Å²) in [5.74, 6) is 0. The molecule has 0 aliphatic heterocycles. The van der Waals surface area contributed by atoms with E-state index >= 15 is 0 Å². The van der Waals surface area contributed by atoms with Crippen molar-refractivity contribution in [2.45, 2.75) is 13.3 Å². The van der Waals surface area contributed by atoms with Gasteiger partial charge in [0.1, 0.15) is 17.2 Å². The van der Waals surface area contributed by atoms with E-state index in [1.807, 2.05) is 5.51 Å². The summed E-state index contributed by atoms with van der Waals surface area (Å²) in [6.45, 7) is 2.16. The Morgan fingerprint density at radius 1 is 1.50 bits per heavy atom. The summed E-state index contributed by atoms with van der Waals surface area (Å²) in [6.07, 6.45) is 1.08. The normalized spacial score (nSPS) is 12.3. The van der Waals surface area contributed by atoms with Gasteiger partial charge in [0.05, 0.1) is 9.50 Å². The SMILES string of the molecule is CCc1ccc2nc[s+](S)c2c1. The van der Waals surface area contributed by atoms with Crippen molar-refractivity contribution in [1.29, 1.82) is 0 Å². The Hall–Kier alpha value is -0.540. The fraction of sp³-hybridized carbons (Fsp3) is 0.222. The minimum absolute atomic E-state index is 0.0569. The van der Waals surface area contributed by atoms with Crippen LogP contribution in [0.15, 0.2) is 23.7 Å². The van der Waals surface area contributed by atoms with E-state index in [0.29, 0.717) is 0 Å². The lowest BCUT2D eigenvalue weighted by Gasteiger charge is -1.91. The van der Waals surface area contributed by atoms with Gasteiger partial charge in [-0.05, 0) is 18.1 Å². The largest absolute Gasteiger partial charge is 0.243 e. The minimum atomic E-state index is -0.0569. The van der Waals surface area contributed by atoms with Gasteiger partial charge >= 0.3 is 0 Å². The van der Waals surface area contributed by atoms with Gasteiger partial charge in [0, 0.05) is 6.07 Å². The maximum absolute atomic E-state index is 4.44. The van der Waals surface area contributed by atoms with Crippen molar-refractivity contribution in [2.75, 3.05) is 0 Å². The fourth-order valence-corrected chi connectivity index (χ4v) is 2.73. The number of nitrogens with zero attached hydrogens (tertiary/aromatic N) is 1. The van der Waals surface area contributed by atoms with E-state index in [2.05, 4.69) is 41.8 Å². The van der Waals surface area contributed by atoms with Gasteiger partial charge in [0.15, 0.2) is 0 Å². The van der Waals surface area contributed by atoms with Crippen molar-refractivity contribution in [2.24, 2.45) is 0 Å². The summed E-state index contributed by atoms with van der Waals surface area (Å²) in [6, 6.07) is 6.42. The number of hydrogen-bond donors (Lipinski definition) is 1. The van der Waals surface area contributed by atoms with Gasteiger partial charge in [0.25, 0.3) is 0 Å². The molecule has 3 heteroatoms. The van der Waals surface area contributed by atoms with E-state index in [1.165, 1.54) is 10.3 Å². The second kappa shape index (κ2) is 3.07. The Bertz CT molecular complexity index is 406. The molecule has 0 fully saturated rings. The molecule has 1 aromatic heterocycles. The van der Waals surface area contributed by atoms with Crippen LogP contribution in [0.25, 0.3) is 10.2 Å². The standard InChI is InChI=1S/C9H10NS2/c1-2-7-3-4-8-9(5-7)12(11)6-10-8/h3-6,11H,2H2,1H3/q+1. The highest BCUT2D eigenvalue weighted by Gasteiger charge is 2.09. The molecule has 0 aliphatic carbocycles. The summed E-state index contributed by atoms with van der Waals surface area (Å²) in [7, 11) is -0.0569. The molecule has 1 unspecified atom stereocenters. The lowest BCUT2D eigenvalue weighted by atomic mass is 10.2. The molecule has 1 atom stereocenters. The summed E-state index contributed by atoms with van der Waals surface area (Å²) in [5, 5.41) is 0.